The number of primary sulfonamides is 1. The standard InChI is InChI=1S/C20H17N3O5S3/c21-31(25,26)15-8-6-14(7-9-15)27-10-11-28-19(24)17-12-16-18(29-17)23-20(30-16)22-13-4-2-1-3-5-13/h1-9,12H,10-11H2,(H,22,23)(H2,21,25,26). The van der Waals surface area contributed by atoms with Crippen molar-refractivity contribution in [2.75, 3.05) is 18.5 Å². The Morgan fingerprint density at radius 2 is 1.77 bits per heavy atom. The van der Waals surface area contributed by atoms with Crippen molar-refractivity contribution < 1.29 is 22.7 Å². The van der Waals surface area contributed by atoms with Crippen molar-refractivity contribution in [3.05, 3.63) is 65.5 Å². The van der Waals surface area contributed by atoms with Crippen LogP contribution < -0.4 is 15.2 Å². The number of carbonyl (C=O) groups excluding carboxylic acids is 1. The van der Waals surface area contributed by atoms with E-state index < -0.39 is 16.0 Å². The number of thiophene rings is 1. The number of nitrogens with zero attached hydrogens (tertiary/aromatic N) is 1. The Kier molecular flexibility index (Phi) is 6.18. The molecule has 0 aliphatic carbocycles. The molecule has 160 valence electrons. The minimum atomic E-state index is -3.74. The number of nitrogens with one attached hydrogen (secondary N) is 1. The average Bonchev–Trinajstić information content (AvgIpc) is 3.30. The maximum absolute atomic E-state index is 12.3. The molecular weight excluding hydrogens is 458 g/mol. The van der Waals surface area contributed by atoms with Crippen LogP contribution in [0.5, 0.6) is 5.75 Å². The normalized spacial score (nSPS) is 11.4. The summed E-state index contributed by atoms with van der Waals surface area (Å²) < 4.78 is 34.1. The Hall–Kier alpha value is -2.99. The summed E-state index contributed by atoms with van der Waals surface area (Å²) in [5.41, 5.74) is 0.947. The lowest BCUT2D eigenvalue weighted by molar-refractivity contribution is 0.0456. The molecule has 31 heavy (non-hydrogen) atoms. The number of aromatic nitrogens is 1. The third-order valence-electron chi connectivity index (χ3n) is 4.05. The number of nitrogens with two attached hydrogens (primary N) is 1. The minimum absolute atomic E-state index is 0.000299. The lowest BCUT2D eigenvalue weighted by atomic mass is 10.3. The third-order valence-corrected chi connectivity index (χ3v) is 7.04. The zero-order valence-corrected chi connectivity index (χ0v) is 18.4. The fraction of sp³-hybridized carbons (Fsp3) is 0.100. The second-order valence-electron chi connectivity index (χ2n) is 6.29. The molecule has 0 spiro atoms. The van der Waals surface area contributed by atoms with E-state index in [1.165, 1.54) is 46.9 Å². The summed E-state index contributed by atoms with van der Waals surface area (Å²) in [5.74, 6) is 0.00340. The number of para-hydroxylation sites is 1. The first-order chi connectivity index (χ1) is 14.9. The zero-order valence-electron chi connectivity index (χ0n) is 16.0. The minimum Gasteiger partial charge on any atom is -0.490 e. The van der Waals surface area contributed by atoms with Gasteiger partial charge in [-0.15, -0.1) is 11.3 Å². The molecule has 4 rings (SSSR count). The molecule has 0 fully saturated rings. The van der Waals surface area contributed by atoms with E-state index in [0.717, 1.165) is 20.3 Å². The molecule has 11 heteroatoms. The lowest BCUT2D eigenvalue weighted by Crippen LogP contribution is -2.13. The number of carbonyl (C=O) groups is 1. The molecule has 2 heterocycles. The molecule has 0 aliphatic heterocycles. The van der Waals surface area contributed by atoms with Crippen LogP contribution in [0.25, 0.3) is 9.53 Å². The van der Waals surface area contributed by atoms with Crippen molar-refractivity contribution in [1.29, 1.82) is 0 Å². The molecule has 0 aliphatic rings. The van der Waals surface area contributed by atoms with E-state index in [0.29, 0.717) is 10.6 Å². The number of sulfonamides is 1. The van der Waals surface area contributed by atoms with Gasteiger partial charge in [0.25, 0.3) is 0 Å². The van der Waals surface area contributed by atoms with Crippen LogP contribution in [-0.2, 0) is 14.8 Å². The molecule has 2 aromatic carbocycles. The Balaban J connectivity index is 1.28. The van der Waals surface area contributed by atoms with E-state index in [1.54, 1.807) is 6.07 Å². The van der Waals surface area contributed by atoms with E-state index in [2.05, 4.69) is 10.3 Å². The van der Waals surface area contributed by atoms with Gasteiger partial charge < -0.3 is 14.8 Å². The van der Waals surface area contributed by atoms with Crippen LogP contribution in [0.4, 0.5) is 10.8 Å². The number of hydrogen-bond acceptors (Lipinski definition) is 9. The van der Waals surface area contributed by atoms with Gasteiger partial charge in [0.15, 0.2) is 5.13 Å². The summed E-state index contributed by atoms with van der Waals surface area (Å²) >= 11 is 2.73. The molecule has 0 radical (unpaired) electrons. The molecule has 0 saturated carbocycles. The lowest BCUT2D eigenvalue weighted by Gasteiger charge is -2.07. The van der Waals surface area contributed by atoms with Crippen LogP contribution in [0.1, 0.15) is 9.67 Å². The van der Waals surface area contributed by atoms with E-state index in [4.69, 9.17) is 14.6 Å². The maximum Gasteiger partial charge on any atom is 0.348 e. The summed E-state index contributed by atoms with van der Waals surface area (Å²) in [4.78, 5) is 18.0. The summed E-state index contributed by atoms with van der Waals surface area (Å²) in [6.07, 6.45) is 0. The average molecular weight is 476 g/mol. The predicted molar refractivity (Wildman–Crippen MR) is 121 cm³/mol. The van der Waals surface area contributed by atoms with Crippen LogP contribution in [0.2, 0.25) is 0 Å². The number of anilines is 2. The number of ether oxygens (including phenoxy) is 2. The monoisotopic (exact) mass is 475 g/mol. The topological polar surface area (TPSA) is 121 Å². The van der Waals surface area contributed by atoms with Gasteiger partial charge in [-0.25, -0.2) is 23.3 Å². The highest BCUT2D eigenvalue weighted by atomic mass is 32.2. The Bertz CT molecular complexity index is 1270. The van der Waals surface area contributed by atoms with Crippen LogP contribution in [0, 0.1) is 0 Å². The number of hydrogen-bond donors (Lipinski definition) is 2. The summed E-state index contributed by atoms with van der Waals surface area (Å²) in [5, 5.41) is 9.04. The van der Waals surface area contributed by atoms with Gasteiger partial charge in [-0.1, -0.05) is 29.5 Å². The van der Waals surface area contributed by atoms with Gasteiger partial charge in [-0.05, 0) is 42.5 Å². The van der Waals surface area contributed by atoms with E-state index in [1.807, 2.05) is 30.3 Å². The number of benzene rings is 2. The number of fused-ring (bicyclic) bond motifs is 1. The number of esters is 1. The van der Waals surface area contributed by atoms with Crippen LogP contribution in [0.15, 0.2) is 65.6 Å². The Labute approximate surface area is 186 Å². The first-order valence-corrected chi connectivity index (χ1v) is 12.2. The van der Waals surface area contributed by atoms with E-state index in [9.17, 15) is 13.2 Å². The molecule has 0 bridgehead atoms. The van der Waals surface area contributed by atoms with Crippen molar-refractivity contribution in [2.24, 2.45) is 5.14 Å². The Morgan fingerprint density at radius 3 is 2.45 bits per heavy atom. The molecule has 2 aromatic heterocycles. The fourth-order valence-corrected chi connectivity index (χ4v) is 5.17. The first kappa shape index (κ1) is 21.2. The van der Waals surface area contributed by atoms with Crippen molar-refractivity contribution in [3.63, 3.8) is 0 Å². The van der Waals surface area contributed by atoms with Crippen LogP contribution >= 0.6 is 22.7 Å². The second-order valence-corrected chi connectivity index (χ2v) is 9.91. The van der Waals surface area contributed by atoms with Crippen molar-refractivity contribution in [2.45, 2.75) is 4.90 Å². The van der Waals surface area contributed by atoms with Gasteiger partial charge in [-0.3, -0.25) is 0 Å². The summed E-state index contributed by atoms with van der Waals surface area (Å²) in [7, 11) is -3.74. The molecule has 0 unspecified atom stereocenters. The zero-order chi connectivity index (χ0) is 21.8. The third kappa shape index (κ3) is 5.39. The van der Waals surface area contributed by atoms with E-state index in [-0.39, 0.29) is 18.1 Å². The highest BCUT2D eigenvalue weighted by Crippen LogP contribution is 2.34. The Morgan fingerprint density at radius 1 is 1.03 bits per heavy atom. The van der Waals surface area contributed by atoms with Crippen LogP contribution in [0.3, 0.4) is 0 Å². The van der Waals surface area contributed by atoms with Crippen molar-refractivity contribution in [3.8, 4) is 5.75 Å². The van der Waals surface area contributed by atoms with Crippen LogP contribution in [-0.4, -0.2) is 32.6 Å². The number of rotatable bonds is 8. The molecule has 0 amide bonds. The molecule has 0 saturated heterocycles. The van der Waals surface area contributed by atoms with Gasteiger partial charge in [0, 0.05) is 5.69 Å². The summed E-state index contributed by atoms with van der Waals surface area (Å²) in [6.45, 7) is 0.180. The predicted octanol–water partition coefficient (Wildman–Crippen LogP) is 3.98. The van der Waals surface area contributed by atoms with Gasteiger partial charge in [0.2, 0.25) is 10.0 Å². The van der Waals surface area contributed by atoms with Crippen molar-refractivity contribution >= 4 is 59.0 Å². The molecule has 0 atom stereocenters. The van der Waals surface area contributed by atoms with Crippen molar-refractivity contribution in [1.82, 2.24) is 4.98 Å². The smallest absolute Gasteiger partial charge is 0.348 e. The fourth-order valence-electron chi connectivity index (χ4n) is 2.62. The second kappa shape index (κ2) is 9.02. The van der Waals surface area contributed by atoms with Gasteiger partial charge in [0.1, 0.15) is 28.7 Å². The SMILES string of the molecule is NS(=O)(=O)c1ccc(OCCOC(=O)c2cc3sc(Nc4ccccc4)nc3s2)cc1. The summed E-state index contributed by atoms with van der Waals surface area (Å²) in [6, 6.07) is 17.2. The van der Waals surface area contributed by atoms with Gasteiger partial charge >= 0.3 is 5.97 Å². The highest BCUT2D eigenvalue weighted by molar-refractivity contribution is 7.89. The van der Waals surface area contributed by atoms with E-state index >= 15 is 0 Å². The molecule has 8 nitrogen and oxygen atoms in total. The number of thiazole rings is 1. The van der Waals surface area contributed by atoms with Gasteiger partial charge in [-0.2, -0.15) is 0 Å². The maximum atomic E-state index is 12.3. The first-order valence-electron chi connectivity index (χ1n) is 9.04. The van der Waals surface area contributed by atoms with Gasteiger partial charge in [0.05, 0.1) is 9.60 Å². The quantitative estimate of drug-likeness (QED) is 0.292. The largest absolute Gasteiger partial charge is 0.490 e. The molecule has 3 N–H and O–H groups in total. The molecule has 4 aromatic rings. The highest BCUT2D eigenvalue weighted by Gasteiger charge is 2.15. The molecular formula is C20H17N3O5S3.